The van der Waals surface area contributed by atoms with E-state index in [4.69, 9.17) is 18.9 Å². The number of ether oxygens (including phenoxy) is 4. The zero-order chi connectivity index (χ0) is 33.5. The second-order valence-electron chi connectivity index (χ2n) is 14.4. The van der Waals surface area contributed by atoms with Gasteiger partial charge < -0.3 is 40.2 Å². The number of amides is 4. The molecular formula is C32H60N4O8. The van der Waals surface area contributed by atoms with Crippen LogP contribution in [0.3, 0.4) is 0 Å². The van der Waals surface area contributed by atoms with Crippen molar-refractivity contribution < 1.29 is 38.1 Å². The summed E-state index contributed by atoms with van der Waals surface area (Å²) >= 11 is 0. The Kier molecular flexibility index (Phi) is 16.7. The lowest BCUT2D eigenvalue weighted by Crippen LogP contribution is -2.42. The van der Waals surface area contributed by atoms with Gasteiger partial charge in [0.25, 0.3) is 0 Å². The fourth-order valence-electron chi connectivity index (χ4n) is 4.94. The fourth-order valence-corrected chi connectivity index (χ4v) is 4.94. The van der Waals surface area contributed by atoms with Crippen molar-refractivity contribution in [1.82, 2.24) is 21.3 Å². The first-order valence-corrected chi connectivity index (χ1v) is 16.2. The van der Waals surface area contributed by atoms with Gasteiger partial charge in [-0.05, 0) is 132 Å². The molecule has 2 aliphatic carbocycles. The van der Waals surface area contributed by atoms with Gasteiger partial charge in [-0.15, -0.1) is 0 Å². The minimum atomic E-state index is -0.470. The van der Waals surface area contributed by atoms with Crippen molar-refractivity contribution in [3.63, 3.8) is 0 Å². The molecular weight excluding hydrogens is 568 g/mol. The Morgan fingerprint density at radius 2 is 0.841 bits per heavy atom. The van der Waals surface area contributed by atoms with Gasteiger partial charge in [0.05, 0.1) is 12.2 Å². The number of hydrogen-bond acceptors (Lipinski definition) is 8. The van der Waals surface area contributed by atoms with E-state index in [1.54, 1.807) is 0 Å². The largest absolute Gasteiger partial charge is 0.447 e. The summed E-state index contributed by atoms with van der Waals surface area (Å²) < 4.78 is 20.6. The smallest absolute Gasteiger partial charge is 0.407 e. The van der Waals surface area contributed by atoms with Crippen molar-refractivity contribution in [2.24, 2.45) is 11.8 Å². The maximum atomic E-state index is 11.7. The summed E-state index contributed by atoms with van der Waals surface area (Å²) in [5, 5.41) is 11.4. The summed E-state index contributed by atoms with van der Waals surface area (Å²) in [6.07, 6.45) is 5.90. The number of rotatable bonds is 8. The highest BCUT2D eigenvalue weighted by atomic mass is 16.6. The van der Waals surface area contributed by atoms with Gasteiger partial charge in [-0.2, -0.15) is 0 Å². The molecule has 12 heteroatoms. The van der Waals surface area contributed by atoms with Crippen LogP contribution in [0, 0.1) is 11.8 Å². The summed E-state index contributed by atoms with van der Waals surface area (Å²) in [5.41, 5.74) is -0.941. The Bertz CT molecular complexity index is 810. The molecule has 2 rings (SSSR count). The van der Waals surface area contributed by atoms with Crippen molar-refractivity contribution in [2.75, 3.05) is 13.1 Å². The predicted molar refractivity (Wildman–Crippen MR) is 169 cm³/mol. The maximum absolute atomic E-state index is 11.7. The van der Waals surface area contributed by atoms with Gasteiger partial charge in [0, 0.05) is 25.2 Å². The molecule has 4 N–H and O–H groups in total. The molecule has 12 nitrogen and oxygen atoms in total. The lowest BCUT2D eigenvalue weighted by Gasteiger charge is -2.30. The molecule has 0 saturated heterocycles. The van der Waals surface area contributed by atoms with Crippen molar-refractivity contribution in [3.8, 4) is 0 Å². The first-order chi connectivity index (χ1) is 20.3. The lowest BCUT2D eigenvalue weighted by atomic mass is 9.86. The molecule has 2 fully saturated rings. The number of carbonyl (C=O) groups is 4. The number of hydrogen-bond donors (Lipinski definition) is 4. The van der Waals surface area contributed by atoms with Crippen LogP contribution in [0.1, 0.15) is 121 Å². The molecule has 0 aromatic rings. The summed E-state index contributed by atoms with van der Waals surface area (Å²) in [7, 11) is 0. The normalized spacial score (nSPS) is 22.1. The summed E-state index contributed by atoms with van der Waals surface area (Å²) in [4.78, 5) is 46.3. The van der Waals surface area contributed by atoms with E-state index in [9.17, 15) is 19.2 Å². The Morgan fingerprint density at radius 3 is 1.09 bits per heavy atom. The molecule has 2 aliphatic rings. The van der Waals surface area contributed by atoms with Gasteiger partial charge >= 0.3 is 24.4 Å². The average Bonchev–Trinajstić information content (AvgIpc) is 2.85. The van der Waals surface area contributed by atoms with Crippen LogP contribution in [0.5, 0.6) is 0 Å². The van der Waals surface area contributed by atoms with E-state index in [-0.39, 0.29) is 48.7 Å². The Balaban J connectivity index is 0.000000440. The highest BCUT2D eigenvalue weighted by molar-refractivity contribution is 5.69. The standard InChI is InChI=1S/2C16H30N2O4/c2*1-11(2)21-14(19)17-10-12-6-8-13(9-7-12)18-15(20)22-16(3,4)5/h2*11-13H,6-10H2,1-5H3,(H,17,19)(H,18,20). The third-order valence-corrected chi connectivity index (χ3v) is 6.89. The SMILES string of the molecule is CC(C)OC(=O)NCC1CCC(NC(=O)OC(C)(C)C)CC1.CC(C)OC(=O)NCC1CCC(NC(=O)OC(C)(C)C)CC1. The number of alkyl carbamates (subject to hydrolysis) is 4. The van der Waals surface area contributed by atoms with Gasteiger partial charge in [0.2, 0.25) is 0 Å². The Morgan fingerprint density at radius 1 is 0.545 bits per heavy atom. The third-order valence-electron chi connectivity index (χ3n) is 6.89. The van der Waals surface area contributed by atoms with Gasteiger partial charge in [0.15, 0.2) is 0 Å². The highest BCUT2D eigenvalue weighted by Crippen LogP contribution is 2.25. The van der Waals surface area contributed by atoms with Crippen LogP contribution >= 0.6 is 0 Å². The molecule has 0 aromatic carbocycles. The summed E-state index contributed by atoms with van der Waals surface area (Å²) in [6, 6.07) is 0.322. The van der Waals surface area contributed by atoms with E-state index in [1.807, 2.05) is 69.2 Å². The van der Waals surface area contributed by atoms with Gasteiger partial charge in [0.1, 0.15) is 11.2 Å². The topological polar surface area (TPSA) is 153 Å². The molecule has 0 bridgehead atoms. The molecule has 256 valence electrons. The molecule has 0 spiro atoms. The molecule has 0 aliphatic heterocycles. The van der Waals surface area contributed by atoms with Gasteiger partial charge in [-0.25, -0.2) is 19.2 Å². The van der Waals surface area contributed by atoms with Crippen LogP contribution in [0.25, 0.3) is 0 Å². The van der Waals surface area contributed by atoms with E-state index in [0.29, 0.717) is 24.9 Å². The van der Waals surface area contributed by atoms with Crippen LogP contribution in [-0.4, -0.2) is 73.0 Å². The first-order valence-electron chi connectivity index (χ1n) is 16.2. The number of carbonyl (C=O) groups excluding carboxylic acids is 4. The van der Waals surface area contributed by atoms with Crippen LogP contribution < -0.4 is 21.3 Å². The van der Waals surface area contributed by atoms with E-state index >= 15 is 0 Å². The molecule has 44 heavy (non-hydrogen) atoms. The third kappa shape index (κ3) is 20.1. The van der Waals surface area contributed by atoms with Crippen molar-refractivity contribution in [1.29, 1.82) is 0 Å². The van der Waals surface area contributed by atoms with Gasteiger partial charge in [-0.3, -0.25) is 0 Å². The summed E-state index contributed by atoms with van der Waals surface area (Å²) in [5.74, 6) is 0.882. The molecule has 0 unspecified atom stereocenters. The molecule has 4 amide bonds. The lowest BCUT2D eigenvalue weighted by molar-refractivity contribution is 0.0475. The monoisotopic (exact) mass is 628 g/mol. The van der Waals surface area contributed by atoms with Crippen molar-refractivity contribution >= 4 is 24.4 Å². The van der Waals surface area contributed by atoms with Crippen LogP contribution in [0.15, 0.2) is 0 Å². The zero-order valence-electron chi connectivity index (χ0n) is 28.8. The zero-order valence-corrected chi connectivity index (χ0v) is 28.8. The molecule has 0 heterocycles. The summed E-state index contributed by atoms with van der Waals surface area (Å²) in [6.45, 7) is 19.7. The highest BCUT2D eigenvalue weighted by Gasteiger charge is 2.26. The van der Waals surface area contributed by atoms with Crippen molar-refractivity contribution in [2.45, 2.75) is 156 Å². The maximum Gasteiger partial charge on any atom is 0.407 e. The fraction of sp³-hybridized carbons (Fsp3) is 0.875. The molecule has 0 atom stereocenters. The van der Waals surface area contributed by atoms with Crippen molar-refractivity contribution in [3.05, 3.63) is 0 Å². The van der Waals surface area contributed by atoms with Crippen LogP contribution in [0.4, 0.5) is 19.2 Å². The Hall–Kier alpha value is -2.92. The Labute approximate surface area is 264 Å². The van der Waals surface area contributed by atoms with Gasteiger partial charge in [-0.1, -0.05) is 0 Å². The predicted octanol–water partition coefficient (Wildman–Crippen LogP) is 6.41. The second-order valence-corrected chi connectivity index (χ2v) is 14.4. The molecule has 0 aromatic heterocycles. The average molecular weight is 629 g/mol. The van der Waals surface area contributed by atoms with Crippen LogP contribution in [0.2, 0.25) is 0 Å². The van der Waals surface area contributed by atoms with E-state index < -0.39 is 11.2 Å². The van der Waals surface area contributed by atoms with Crippen LogP contribution in [-0.2, 0) is 18.9 Å². The minimum Gasteiger partial charge on any atom is -0.447 e. The van der Waals surface area contributed by atoms with E-state index in [1.165, 1.54) is 0 Å². The molecule has 2 saturated carbocycles. The quantitative estimate of drug-likeness (QED) is 0.225. The number of nitrogens with one attached hydrogen (secondary N) is 4. The molecule has 0 radical (unpaired) electrons. The minimum absolute atomic E-state index is 0.103. The van der Waals surface area contributed by atoms with E-state index in [0.717, 1.165) is 51.4 Å². The second kappa shape index (κ2) is 18.8. The van der Waals surface area contributed by atoms with E-state index in [2.05, 4.69) is 21.3 Å². The first kappa shape index (κ1) is 39.1.